The molecule has 0 saturated heterocycles. The molecule has 0 aliphatic rings. The Balaban J connectivity index is 1.82. The molecule has 0 bridgehead atoms. The number of aromatic nitrogens is 5. The number of para-hydroxylation sites is 1. The third-order valence-electron chi connectivity index (χ3n) is 3.37. The molecule has 3 aromatic rings. The molecule has 0 fully saturated rings. The zero-order chi connectivity index (χ0) is 16.2. The van der Waals surface area contributed by atoms with Crippen LogP contribution in [0.4, 0.5) is 0 Å². The second-order valence-corrected chi connectivity index (χ2v) is 5.01. The molecule has 1 amide bonds. The molecule has 2 aromatic heterocycles. The van der Waals surface area contributed by atoms with Crippen LogP contribution >= 0.6 is 0 Å². The van der Waals surface area contributed by atoms with Gasteiger partial charge in [0.25, 0.3) is 5.91 Å². The molecule has 0 N–H and O–H groups in total. The lowest BCUT2D eigenvalue weighted by atomic mass is 10.1. The van der Waals surface area contributed by atoms with Crippen LogP contribution in [-0.2, 0) is 13.0 Å². The quantitative estimate of drug-likeness (QED) is 0.709. The summed E-state index contributed by atoms with van der Waals surface area (Å²) < 4.78 is 6.76. The van der Waals surface area contributed by atoms with Crippen molar-refractivity contribution in [1.82, 2.24) is 29.8 Å². The minimum atomic E-state index is -0.142. The molecule has 2 heterocycles. The van der Waals surface area contributed by atoms with Crippen LogP contribution in [0.25, 0.3) is 5.69 Å². The van der Waals surface area contributed by atoms with Crippen molar-refractivity contribution < 1.29 is 9.32 Å². The number of carbonyl (C=O) groups is 1. The first-order chi connectivity index (χ1) is 11.2. The molecule has 0 atom stereocenters. The number of hydrogen-bond donors (Lipinski definition) is 0. The smallest absolute Gasteiger partial charge is 0.256 e. The topological polar surface area (TPSA) is 89.9 Å². The number of carbonyl (C=O) groups excluding carboxylic acids is 1. The van der Waals surface area contributed by atoms with Crippen LogP contribution in [0.15, 0.2) is 41.4 Å². The third kappa shape index (κ3) is 3.10. The van der Waals surface area contributed by atoms with Crippen LogP contribution in [0.5, 0.6) is 0 Å². The fraction of sp³-hybridized carbons (Fsp3) is 0.267. The molecular formula is C15H16N6O2. The lowest BCUT2D eigenvalue weighted by molar-refractivity contribution is 0.0780. The van der Waals surface area contributed by atoms with E-state index in [1.54, 1.807) is 35.2 Å². The van der Waals surface area contributed by atoms with Gasteiger partial charge in [-0.1, -0.05) is 24.2 Å². The highest BCUT2D eigenvalue weighted by Gasteiger charge is 2.18. The number of rotatable bonds is 5. The van der Waals surface area contributed by atoms with Crippen molar-refractivity contribution in [1.29, 1.82) is 0 Å². The maximum absolute atomic E-state index is 12.7. The van der Waals surface area contributed by atoms with Crippen molar-refractivity contribution >= 4 is 5.91 Å². The van der Waals surface area contributed by atoms with Gasteiger partial charge in [0.1, 0.15) is 12.7 Å². The molecule has 8 heteroatoms. The van der Waals surface area contributed by atoms with Crippen molar-refractivity contribution in [3.63, 3.8) is 0 Å². The lowest BCUT2D eigenvalue weighted by Gasteiger charge is -2.17. The normalized spacial score (nSPS) is 10.7. The van der Waals surface area contributed by atoms with Crippen LogP contribution in [0.1, 0.15) is 29.0 Å². The highest BCUT2D eigenvalue weighted by atomic mass is 16.5. The van der Waals surface area contributed by atoms with Gasteiger partial charge in [-0.3, -0.25) is 9.36 Å². The Morgan fingerprint density at radius 1 is 1.26 bits per heavy atom. The lowest BCUT2D eigenvalue weighted by Crippen LogP contribution is -2.27. The van der Waals surface area contributed by atoms with Crippen LogP contribution in [-0.4, -0.2) is 42.8 Å². The molecule has 0 saturated carbocycles. The van der Waals surface area contributed by atoms with E-state index in [4.69, 9.17) is 4.52 Å². The van der Waals surface area contributed by atoms with Crippen molar-refractivity contribution in [3.8, 4) is 5.69 Å². The summed E-state index contributed by atoms with van der Waals surface area (Å²) in [4.78, 5) is 18.5. The Hall–Kier alpha value is -3.03. The van der Waals surface area contributed by atoms with Gasteiger partial charge >= 0.3 is 0 Å². The average molecular weight is 312 g/mol. The summed E-state index contributed by atoms with van der Waals surface area (Å²) in [6.07, 6.45) is 3.78. The van der Waals surface area contributed by atoms with Gasteiger partial charge in [-0.25, -0.2) is 0 Å². The van der Waals surface area contributed by atoms with Crippen LogP contribution in [0.2, 0.25) is 0 Å². The van der Waals surface area contributed by atoms with Crippen molar-refractivity contribution in [2.45, 2.75) is 19.9 Å². The minimum absolute atomic E-state index is 0.142. The summed E-state index contributed by atoms with van der Waals surface area (Å²) in [6.45, 7) is 2.21. The first kappa shape index (κ1) is 14.9. The second kappa shape index (κ2) is 6.39. The van der Waals surface area contributed by atoms with E-state index in [9.17, 15) is 4.79 Å². The highest BCUT2D eigenvalue weighted by molar-refractivity contribution is 5.97. The number of amides is 1. The number of hydrogen-bond acceptors (Lipinski definition) is 6. The summed E-state index contributed by atoms with van der Waals surface area (Å²) in [5, 5.41) is 11.4. The van der Waals surface area contributed by atoms with Gasteiger partial charge < -0.3 is 9.42 Å². The molecule has 0 spiro atoms. The minimum Gasteiger partial charge on any atom is -0.339 e. The maximum Gasteiger partial charge on any atom is 0.256 e. The predicted octanol–water partition coefficient (Wildman–Crippen LogP) is 1.48. The summed E-state index contributed by atoms with van der Waals surface area (Å²) in [7, 11) is 1.70. The van der Waals surface area contributed by atoms with Gasteiger partial charge in [0.15, 0.2) is 5.82 Å². The molecule has 3 rings (SSSR count). The molecule has 0 aliphatic carbocycles. The van der Waals surface area contributed by atoms with Gasteiger partial charge in [0.2, 0.25) is 5.89 Å². The van der Waals surface area contributed by atoms with Gasteiger partial charge in [-0.2, -0.15) is 4.98 Å². The highest BCUT2D eigenvalue weighted by Crippen LogP contribution is 2.16. The fourth-order valence-corrected chi connectivity index (χ4v) is 2.19. The SMILES string of the molecule is CCc1nc(CN(C)C(=O)c2ccccc2-n2cnnc2)no1. The maximum atomic E-state index is 12.7. The Morgan fingerprint density at radius 3 is 2.70 bits per heavy atom. The van der Waals surface area contributed by atoms with E-state index in [2.05, 4.69) is 20.3 Å². The zero-order valence-corrected chi connectivity index (χ0v) is 12.9. The predicted molar refractivity (Wildman–Crippen MR) is 80.8 cm³/mol. The summed E-state index contributed by atoms with van der Waals surface area (Å²) in [5.74, 6) is 0.905. The number of aryl methyl sites for hydroxylation is 1. The van der Waals surface area contributed by atoms with Gasteiger partial charge in [0, 0.05) is 13.5 Å². The largest absolute Gasteiger partial charge is 0.339 e. The Bertz CT molecular complexity index is 796. The van der Waals surface area contributed by atoms with E-state index in [1.807, 2.05) is 25.1 Å². The van der Waals surface area contributed by atoms with Crippen LogP contribution in [0.3, 0.4) is 0 Å². The van der Waals surface area contributed by atoms with Gasteiger partial charge in [-0.15, -0.1) is 10.2 Å². The molecule has 1 aromatic carbocycles. The Kier molecular flexibility index (Phi) is 4.13. The van der Waals surface area contributed by atoms with Crippen LogP contribution < -0.4 is 0 Å². The standard InChI is InChI=1S/C15H16N6O2/c1-3-14-18-13(19-23-14)8-20(2)15(22)11-6-4-5-7-12(11)21-9-16-17-10-21/h4-7,9-10H,3,8H2,1-2H3. The Morgan fingerprint density at radius 2 is 2.00 bits per heavy atom. The average Bonchev–Trinajstić information content (AvgIpc) is 3.25. The van der Waals surface area contributed by atoms with Gasteiger partial charge in [0.05, 0.1) is 17.8 Å². The van der Waals surface area contributed by atoms with Gasteiger partial charge in [-0.05, 0) is 12.1 Å². The second-order valence-electron chi connectivity index (χ2n) is 5.01. The summed E-state index contributed by atoms with van der Waals surface area (Å²) in [6, 6.07) is 7.28. The van der Waals surface area contributed by atoms with Crippen molar-refractivity contribution in [3.05, 3.63) is 54.2 Å². The van der Waals surface area contributed by atoms with Crippen LogP contribution in [0, 0.1) is 0 Å². The summed E-state index contributed by atoms with van der Waals surface area (Å²) >= 11 is 0. The monoisotopic (exact) mass is 312 g/mol. The van der Waals surface area contributed by atoms with E-state index in [1.165, 1.54) is 0 Å². The molecule has 0 radical (unpaired) electrons. The van der Waals surface area contributed by atoms with E-state index in [0.29, 0.717) is 23.7 Å². The number of nitrogens with zero attached hydrogens (tertiary/aromatic N) is 6. The van der Waals surface area contributed by atoms with E-state index >= 15 is 0 Å². The van der Waals surface area contributed by atoms with E-state index in [-0.39, 0.29) is 12.5 Å². The molecule has 23 heavy (non-hydrogen) atoms. The summed E-state index contributed by atoms with van der Waals surface area (Å²) in [5.41, 5.74) is 1.27. The van der Waals surface area contributed by atoms with E-state index < -0.39 is 0 Å². The fourth-order valence-electron chi connectivity index (χ4n) is 2.19. The Labute approximate surface area is 132 Å². The molecule has 0 unspecified atom stereocenters. The molecule has 8 nitrogen and oxygen atoms in total. The van der Waals surface area contributed by atoms with Crippen molar-refractivity contribution in [2.75, 3.05) is 7.05 Å². The zero-order valence-electron chi connectivity index (χ0n) is 12.9. The van der Waals surface area contributed by atoms with Crippen molar-refractivity contribution in [2.24, 2.45) is 0 Å². The number of benzene rings is 1. The third-order valence-corrected chi connectivity index (χ3v) is 3.37. The molecule has 0 aliphatic heterocycles. The molecular weight excluding hydrogens is 296 g/mol. The van der Waals surface area contributed by atoms with E-state index in [0.717, 1.165) is 5.69 Å². The molecule has 118 valence electrons. The first-order valence-electron chi connectivity index (χ1n) is 7.20. The first-order valence-corrected chi connectivity index (χ1v) is 7.20.